The molecule has 2 fully saturated rings. The summed E-state index contributed by atoms with van der Waals surface area (Å²) in [5, 5.41) is 50.2. The van der Waals surface area contributed by atoms with Gasteiger partial charge in [-0.3, -0.25) is 18.9 Å². The maximum atomic E-state index is 13.3. The quantitative estimate of drug-likeness (QED) is 0.0236. The minimum Gasteiger partial charge on any atom is -0.503 e. The Hall–Kier alpha value is -5.47. The number of pyridine rings is 1. The molecule has 0 unspecified atom stereocenters. The first-order valence-electron chi connectivity index (χ1n) is 12.6. The molecule has 23 heteroatoms. The maximum Gasteiger partial charge on any atom is 0.362 e. The highest BCUT2D eigenvalue weighted by Crippen LogP contribution is 2.36. The van der Waals surface area contributed by atoms with E-state index in [-0.39, 0.29) is 39.7 Å². The molecular weight excluding hydrogens is 644 g/mol. The molecule has 2 amide bonds. The Balaban J connectivity index is 1.57. The van der Waals surface area contributed by atoms with Crippen molar-refractivity contribution >= 4 is 62.0 Å². The summed E-state index contributed by atoms with van der Waals surface area (Å²) in [6.07, 6.45) is 1.41. The molecule has 240 valence electrons. The molecule has 9 N–H and O–H groups in total. The van der Waals surface area contributed by atoms with E-state index in [0.29, 0.717) is 17.3 Å². The first kappa shape index (κ1) is 32.4. The van der Waals surface area contributed by atoms with Gasteiger partial charge in [0.15, 0.2) is 28.4 Å². The zero-order valence-corrected chi connectivity index (χ0v) is 24.3. The number of guanidine groups is 1. The topological polar surface area (TPSA) is 324 Å². The number of carboxylic acid groups (broad SMARTS) is 1. The van der Waals surface area contributed by atoms with Gasteiger partial charge in [0, 0.05) is 30.8 Å². The number of nitrogens with zero attached hydrogens (tertiary/aromatic N) is 6. The zero-order valence-electron chi connectivity index (χ0n) is 22.6. The van der Waals surface area contributed by atoms with Crippen LogP contribution in [0.1, 0.15) is 25.0 Å². The Morgan fingerprint density at radius 3 is 2.60 bits per heavy atom. The number of nitriles is 1. The van der Waals surface area contributed by atoms with E-state index >= 15 is 0 Å². The van der Waals surface area contributed by atoms with Crippen LogP contribution in [0.5, 0.6) is 5.75 Å². The van der Waals surface area contributed by atoms with E-state index in [1.54, 1.807) is 6.07 Å². The molecule has 2 aliphatic rings. The number of hydrogen-bond acceptors (Lipinski definition) is 15. The number of thiazole rings is 1. The summed E-state index contributed by atoms with van der Waals surface area (Å²) in [5.41, 5.74) is 2.35. The summed E-state index contributed by atoms with van der Waals surface area (Å²) in [6, 6.07) is -0.684. The summed E-state index contributed by atoms with van der Waals surface area (Å²) >= 11 is 0.914. The fourth-order valence-electron chi connectivity index (χ4n) is 4.13. The summed E-state index contributed by atoms with van der Waals surface area (Å²) in [4.78, 5) is 62.6. The molecule has 0 bridgehead atoms. The smallest absolute Gasteiger partial charge is 0.362 e. The molecule has 1 aliphatic heterocycles. The number of amides is 2. The number of rotatable bonds is 11. The number of aliphatic carboxylic acids is 1. The van der Waals surface area contributed by atoms with E-state index in [1.165, 1.54) is 5.38 Å². The molecule has 0 radical (unpaired) electrons. The largest absolute Gasteiger partial charge is 0.503 e. The third-order valence-electron chi connectivity index (χ3n) is 6.59. The van der Waals surface area contributed by atoms with Crippen LogP contribution in [0.15, 0.2) is 32.6 Å². The second kappa shape index (κ2) is 12.6. The van der Waals surface area contributed by atoms with E-state index in [4.69, 9.17) is 15.8 Å². The molecule has 2 aromatic heterocycles. The molecule has 3 heterocycles. The van der Waals surface area contributed by atoms with Crippen molar-refractivity contribution in [1.29, 1.82) is 5.26 Å². The van der Waals surface area contributed by atoms with Gasteiger partial charge < -0.3 is 41.9 Å². The number of nitrogens with two attached hydrogens (primary N) is 1. The van der Waals surface area contributed by atoms with Crippen molar-refractivity contribution in [3.63, 3.8) is 0 Å². The normalized spacial score (nSPS) is 19.5. The van der Waals surface area contributed by atoms with E-state index in [2.05, 4.69) is 31.1 Å². The van der Waals surface area contributed by atoms with Crippen LogP contribution >= 0.6 is 11.3 Å². The highest BCUT2D eigenvalue weighted by atomic mass is 32.2. The van der Waals surface area contributed by atoms with Crippen LogP contribution in [0.3, 0.4) is 0 Å². The lowest BCUT2D eigenvalue weighted by molar-refractivity contribution is -0.178. The van der Waals surface area contributed by atoms with Crippen LogP contribution in [0.25, 0.3) is 0 Å². The molecular formula is C22H24N10O11S2. The van der Waals surface area contributed by atoms with Crippen LogP contribution in [-0.4, -0.2) is 103 Å². The third-order valence-corrected chi connectivity index (χ3v) is 8.21. The van der Waals surface area contributed by atoms with Gasteiger partial charge in [-0.2, -0.15) is 18.4 Å². The Morgan fingerprint density at radius 2 is 2.04 bits per heavy atom. The predicted molar refractivity (Wildman–Crippen MR) is 152 cm³/mol. The first-order valence-corrected chi connectivity index (χ1v) is 14.8. The van der Waals surface area contributed by atoms with Crippen LogP contribution in [0, 0.1) is 11.3 Å². The lowest BCUT2D eigenvalue weighted by Crippen LogP contribution is -2.74. The monoisotopic (exact) mass is 668 g/mol. The molecule has 1 saturated heterocycles. The predicted octanol–water partition coefficient (Wildman–Crippen LogP) is -2.36. The fraction of sp³-hybridized carbons (Fsp3) is 0.364. The molecule has 1 saturated carbocycles. The molecule has 21 nitrogen and oxygen atoms in total. The van der Waals surface area contributed by atoms with E-state index in [0.717, 1.165) is 17.4 Å². The van der Waals surface area contributed by atoms with Crippen LogP contribution < -0.4 is 27.1 Å². The standard InChI is InChI=1S/C22H24N10O11S2/c23-4-5-25-21(28-14-6-12(33)13(34)8-31(14)39)26-7-11-16(18(36)32(11)45(40,41)42)29-17(35)15(10-9-44-20(24)27-10)30-43-22(19(37)38)2-1-3-22/h6,8-9,11,16,34,39H,1-3,5,7H2,(H2,24,27)(H,29,35)(H,37,38)(H2,25,26,28)(H,40,41,42)/b30-15-/t11-,16+/m1/s1. The van der Waals surface area contributed by atoms with Crippen molar-refractivity contribution in [2.45, 2.75) is 36.9 Å². The van der Waals surface area contributed by atoms with Crippen molar-refractivity contribution in [1.82, 2.24) is 24.7 Å². The number of carbonyl (C=O) groups is 3. The number of oxime groups is 1. The van der Waals surface area contributed by atoms with Gasteiger partial charge in [0.1, 0.15) is 18.3 Å². The molecule has 0 spiro atoms. The second-order valence-electron chi connectivity index (χ2n) is 9.47. The number of anilines is 2. The summed E-state index contributed by atoms with van der Waals surface area (Å²) in [6.45, 7) is -1.06. The SMILES string of the molecule is N#CC/N=C(/NC[C@@H]1[C@H](NC(=O)/C(=N\OC2(C(=O)O)CCC2)c2csc(N)n2)C(=O)N1S(=O)(=O)O)Nc1cc(=O)c(O)cn1O. The van der Waals surface area contributed by atoms with Crippen LogP contribution in [-0.2, 0) is 29.5 Å². The number of aromatic hydroxyl groups is 1. The van der Waals surface area contributed by atoms with Gasteiger partial charge >= 0.3 is 16.3 Å². The van der Waals surface area contributed by atoms with Gasteiger partial charge in [-0.25, -0.2) is 19.1 Å². The van der Waals surface area contributed by atoms with Crippen LogP contribution in [0.2, 0.25) is 0 Å². The van der Waals surface area contributed by atoms with E-state index < -0.39 is 75.8 Å². The Kier molecular flexibility index (Phi) is 9.11. The minimum atomic E-state index is -5.16. The third kappa shape index (κ3) is 6.87. The van der Waals surface area contributed by atoms with Gasteiger partial charge in [0.05, 0.1) is 18.3 Å². The van der Waals surface area contributed by atoms with Crippen molar-refractivity contribution in [2.24, 2.45) is 10.1 Å². The molecule has 4 rings (SSSR count). The molecule has 0 aromatic carbocycles. The van der Waals surface area contributed by atoms with Gasteiger partial charge in [0.2, 0.25) is 11.0 Å². The van der Waals surface area contributed by atoms with Crippen molar-refractivity contribution in [2.75, 3.05) is 24.1 Å². The molecule has 1 aliphatic carbocycles. The second-order valence-corrected chi connectivity index (χ2v) is 11.6. The number of carboxylic acids is 1. The van der Waals surface area contributed by atoms with Crippen molar-refractivity contribution < 1.29 is 47.6 Å². The Labute approximate surface area is 256 Å². The highest BCUT2D eigenvalue weighted by molar-refractivity contribution is 7.84. The zero-order chi connectivity index (χ0) is 33.1. The Morgan fingerprint density at radius 1 is 1.33 bits per heavy atom. The van der Waals surface area contributed by atoms with E-state index in [1.807, 2.05) is 0 Å². The van der Waals surface area contributed by atoms with E-state index in [9.17, 15) is 47.6 Å². The molecule has 2 atom stereocenters. The Bertz CT molecular complexity index is 1790. The lowest BCUT2D eigenvalue weighted by atomic mass is 9.80. The summed E-state index contributed by atoms with van der Waals surface area (Å²) in [7, 11) is -5.16. The average Bonchev–Trinajstić information content (AvgIpc) is 3.36. The van der Waals surface area contributed by atoms with Gasteiger partial charge in [0.25, 0.3) is 11.8 Å². The minimum absolute atomic E-state index is 0.0139. The van der Waals surface area contributed by atoms with Gasteiger partial charge in [-0.15, -0.1) is 11.3 Å². The summed E-state index contributed by atoms with van der Waals surface area (Å²) in [5.74, 6) is -5.19. The fourth-order valence-corrected chi connectivity index (χ4v) is 5.56. The average molecular weight is 669 g/mol. The number of aromatic nitrogens is 2. The number of nitrogens with one attached hydrogen (secondary N) is 3. The van der Waals surface area contributed by atoms with Crippen LogP contribution in [0.4, 0.5) is 10.9 Å². The number of aliphatic imine (C=N–C) groups is 1. The molecule has 2 aromatic rings. The molecule has 45 heavy (non-hydrogen) atoms. The lowest BCUT2D eigenvalue weighted by Gasteiger charge is -2.44. The number of nitrogen functional groups attached to an aromatic ring is 1. The highest BCUT2D eigenvalue weighted by Gasteiger charge is 2.54. The summed E-state index contributed by atoms with van der Waals surface area (Å²) < 4.78 is 34.0. The van der Waals surface area contributed by atoms with Gasteiger partial charge in [-0.1, -0.05) is 5.16 Å². The number of β-lactam (4-membered cyclic amide) rings is 1. The number of carbonyl (C=O) groups excluding carboxylic acids is 2. The first-order chi connectivity index (χ1) is 21.2. The van der Waals surface area contributed by atoms with Crippen molar-refractivity contribution in [3.8, 4) is 11.8 Å². The maximum absolute atomic E-state index is 13.3. The number of hydrogen-bond donors (Lipinski definition) is 8. The van der Waals surface area contributed by atoms with Crippen molar-refractivity contribution in [3.05, 3.63) is 33.6 Å². The van der Waals surface area contributed by atoms with Gasteiger partial charge in [-0.05, 0) is 6.42 Å².